The molecule has 1 aliphatic carbocycles. The van der Waals surface area contributed by atoms with Crippen LogP contribution in [0.5, 0.6) is 0 Å². The Bertz CT molecular complexity index is 1150. The van der Waals surface area contributed by atoms with E-state index in [2.05, 4.69) is 44.5 Å². The fourth-order valence-corrected chi connectivity index (χ4v) is 7.39. The van der Waals surface area contributed by atoms with Crippen LogP contribution in [0.4, 0.5) is 0 Å². The highest BCUT2D eigenvalue weighted by Crippen LogP contribution is 2.31. The van der Waals surface area contributed by atoms with Crippen LogP contribution in [-0.2, 0) is 26.0 Å². The zero-order chi connectivity index (χ0) is 27.3. The number of benzene rings is 1. The second-order valence-corrected chi connectivity index (χ2v) is 12.9. The number of hydrogen-bond acceptors (Lipinski definition) is 6. The number of nitrogens with one attached hydrogen (secondary N) is 3. The number of primary amides is 1. The molecule has 9 nitrogen and oxygen atoms in total. The van der Waals surface area contributed by atoms with Crippen molar-refractivity contribution in [2.24, 2.45) is 17.6 Å². The van der Waals surface area contributed by atoms with E-state index < -0.39 is 27.2 Å². The molecule has 0 bridgehead atoms. The summed E-state index contributed by atoms with van der Waals surface area (Å²) in [4.78, 5) is 26.9. The van der Waals surface area contributed by atoms with Crippen LogP contribution in [0.3, 0.4) is 0 Å². The number of carbonyl (C=O) groups is 2. The van der Waals surface area contributed by atoms with E-state index in [1.54, 1.807) is 26.0 Å². The second-order valence-electron chi connectivity index (χ2n) is 11.0. The van der Waals surface area contributed by atoms with E-state index in [0.717, 1.165) is 51.7 Å². The van der Waals surface area contributed by atoms with Crippen molar-refractivity contribution in [3.63, 3.8) is 0 Å². The average Bonchev–Trinajstić information content (AvgIpc) is 3.43. The minimum Gasteiger partial charge on any atom is -0.374 e. The number of piperidine rings is 1. The number of carbonyl (C=O) groups excluding carboxylic acids is 2. The van der Waals surface area contributed by atoms with Crippen LogP contribution in [0, 0.1) is 11.8 Å². The lowest BCUT2D eigenvalue weighted by atomic mass is 9.89. The Labute approximate surface area is 226 Å². The maximum Gasteiger partial charge on any atom is 0.241 e. The molecule has 1 aromatic carbocycles. The first-order valence-electron chi connectivity index (χ1n) is 13.7. The number of rotatable bonds is 10. The van der Waals surface area contributed by atoms with Gasteiger partial charge >= 0.3 is 0 Å². The van der Waals surface area contributed by atoms with Gasteiger partial charge in [0.15, 0.2) is 0 Å². The molecule has 2 saturated heterocycles. The predicted octanol–water partition coefficient (Wildman–Crippen LogP) is 1.78. The van der Waals surface area contributed by atoms with Gasteiger partial charge in [0.05, 0.1) is 6.04 Å². The summed E-state index contributed by atoms with van der Waals surface area (Å²) in [5.41, 5.74) is 8.09. The Morgan fingerprint density at radius 2 is 1.84 bits per heavy atom. The monoisotopic (exact) mass is 543 g/mol. The lowest BCUT2D eigenvalue weighted by molar-refractivity contribution is -0.122. The van der Waals surface area contributed by atoms with Gasteiger partial charge in [-0.1, -0.05) is 50.3 Å². The van der Waals surface area contributed by atoms with Crippen molar-refractivity contribution < 1.29 is 18.0 Å². The van der Waals surface area contributed by atoms with Crippen LogP contribution in [-0.4, -0.2) is 62.1 Å². The molecule has 2 fully saturated rings. The van der Waals surface area contributed by atoms with Gasteiger partial charge in [-0.15, -0.1) is 0 Å². The van der Waals surface area contributed by atoms with Gasteiger partial charge in [-0.05, 0) is 68.5 Å². The molecular weight excluding hydrogens is 502 g/mol. The number of likely N-dealkylation sites (tertiary alicyclic amines) is 1. The Morgan fingerprint density at radius 3 is 2.45 bits per heavy atom. The third-order valence-corrected chi connectivity index (χ3v) is 9.58. The molecule has 208 valence electrons. The number of nitrogens with zero attached hydrogens (tertiary/aromatic N) is 1. The molecule has 2 heterocycles. The van der Waals surface area contributed by atoms with Crippen molar-refractivity contribution in [2.45, 2.75) is 69.7 Å². The topological polar surface area (TPSA) is 134 Å². The Hall–Kier alpha value is -2.69. The molecule has 2 aliphatic heterocycles. The van der Waals surface area contributed by atoms with Crippen molar-refractivity contribution in [1.29, 1.82) is 0 Å². The summed E-state index contributed by atoms with van der Waals surface area (Å²) in [6.45, 7) is 5.79. The van der Waals surface area contributed by atoms with Gasteiger partial charge in [-0.3, -0.25) is 9.59 Å². The van der Waals surface area contributed by atoms with Crippen molar-refractivity contribution >= 4 is 21.8 Å². The van der Waals surface area contributed by atoms with E-state index >= 15 is 0 Å². The summed E-state index contributed by atoms with van der Waals surface area (Å²) in [6, 6.07) is 9.20. The van der Waals surface area contributed by atoms with E-state index in [0.29, 0.717) is 17.3 Å². The molecule has 38 heavy (non-hydrogen) atoms. The quantitative estimate of drug-likeness (QED) is 0.356. The van der Waals surface area contributed by atoms with Crippen LogP contribution < -0.4 is 21.1 Å². The number of hydrogen-bond donors (Lipinski definition) is 4. The van der Waals surface area contributed by atoms with Crippen molar-refractivity contribution in [1.82, 2.24) is 20.3 Å². The number of sulfonamides is 1. The van der Waals surface area contributed by atoms with Gasteiger partial charge in [-0.2, -0.15) is 0 Å². The fourth-order valence-electron chi connectivity index (χ4n) is 5.60. The van der Waals surface area contributed by atoms with Crippen LogP contribution in [0.2, 0.25) is 0 Å². The number of nitrogens with two attached hydrogens (primary N) is 1. The molecule has 2 amide bonds. The van der Waals surface area contributed by atoms with E-state index in [1.807, 2.05) is 6.07 Å². The third kappa shape index (κ3) is 7.03. The first-order valence-corrected chi connectivity index (χ1v) is 15.2. The summed E-state index contributed by atoms with van der Waals surface area (Å²) in [6.07, 6.45) is 8.39. The first-order chi connectivity index (χ1) is 18.1. The molecule has 3 unspecified atom stereocenters. The van der Waals surface area contributed by atoms with Crippen LogP contribution in [0.1, 0.15) is 51.5 Å². The molecular formula is C28H41N5O4S. The molecule has 3 atom stereocenters. The summed E-state index contributed by atoms with van der Waals surface area (Å²) in [5, 5.41) is 5.31. The fraction of sp³-hybridized carbons (Fsp3) is 0.571. The minimum atomic E-state index is -3.93. The molecule has 0 saturated carbocycles. The van der Waals surface area contributed by atoms with Crippen LogP contribution in [0.15, 0.2) is 53.9 Å². The highest BCUT2D eigenvalue weighted by atomic mass is 32.2. The van der Waals surface area contributed by atoms with Gasteiger partial charge in [0, 0.05) is 24.5 Å². The number of amides is 2. The lowest BCUT2D eigenvalue weighted by Gasteiger charge is -2.39. The largest absolute Gasteiger partial charge is 0.374 e. The summed E-state index contributed by atoms with van der Waals surface area (Å²) in [7, 11) is -3.93. The van der Waals surface area contributed by atoms with Gasteiger partial charge in [-0.25, -0.2) is 13.1 Å². The maximum absolute atomic E-state index is 13.6. The van der Waals surface area contributed by atoms with Crippen molar-refractivity contribution in [3.8, 4) is 0 Å². The number of allylic oxidation sites excluding steroid dienone is 2. The molecule has 5 N–H and O–H groups in total. The Balaban J connectivity index is 1.52. The predicted molar refractivity (Wildman–Crippen MR) is 148 cm³/mol. The maximum atomic E-state index is 13.6. The zero-order valence-corrected chi connectivity index (χ0v) is 23.2. The van der Waals surface area contributed by atoms with Gasteiger partial charge in [0.25, 0.3) is 0 Å². The van der Waals surface area contributed by atoms with E-state index in [1.165, 1.54) is 5.56 Å². The average molecular weight is 544 g/mol. The van der Waals surface area contributed by atoms with E-state index in [-0.39, 0.29) is 24.3 Å². The summed E-state index contributed by atoms with van der Waals surface area (Å²) < 4.78 is 29.8. The Morgan fingerprint density at radius 1 is 1.13 bits per heavy atom. The first kappa shape index (κ1) is 28.3. The standard InChI is InChI=1S/C28H41N5O4S/c1-19(2)26(27(29)34)32-38(36,37)25-11-10-22(31-28(35)23-9-6-14-30-23)18-24(25)33-15-12-21(13-16-33)17-20-7-4-3-5-8-20/h3-5,7-8,10,18-19,21,23,25-26,30,32H,6,9,11-17H2,1-2H3,(H2,29,34)(H,31,35). The third-order valence-electron chi connectivity index (χ3n) is 7.82. The summed E-state index contributed by atoms with van der Waals surface area (Å²) in [5.74, 6) is -0.552. The molecule has 3 aliphatic rings. The molecule has 4 rings (SSSR count). The van der Waals surface area contributed by atoms with Gasteiger partial charge in [0.2, 0.25) is 21.8 Å². The SMILES string of the molecule is CC(C)C(NS(=O)(=O)C1CC=C(NC(=O)C2CCCN2)C=C1N1CCC(Cc2ccccc2)CC1)C(N)=O. The minimum absolute atomic E-state index is 0.0982. The lowest BCUT2D eigenvalue weighted by Crippen LogP contribution is -2.52. The molecule has 0 spiro atoms. The van der Waals surface area contributed by atoms with Crippen LogP contribution in [0.25, 0.3) is 0 Å². The Kier molecular flexibility index (Phi) is 9.27. The van der Waals surface area contributed by atoms with Gasteiger partial charge < -0.3 is 21.3 Å². The normalized spacial score (nSPS) is 23.6. The van der Waals surface area contributed by atoms with E-state index in [9.17, 15) is 18.0 Å². The molecule has 10 heteroatoms. The van der Waals surface area contributed by atoms with E-state index in [4.69, 9.17) is 5.73 Å². The smallest absolute Gasteiger partial charge is 0.241 e. The molecule has 0 aromatic heterocycles. The molecule has 1 aromatic rings. The highest BCUT2D eigenvalue weighted by molar-refractivity contribution is 7.90. The van der Waals surface area contributed by atoms with Gasteiger partial charge in [0.1, 0.15) is 11.3 Å². The molecule has 0 radical (unpaired) electrons. The van der Waals surface area contributed by atoms with Crippen molar-refractivity contribution in [3.05, 3.63) is 59.4 Å². The highest BCUT2D eigenvalue weighted by Gasteiger charge is 2.38. The second kappa shape index (κ2) is 12.4. The zero-order valence-electron chi connectivity index (χ0n) is 22.4. The van der Waals surface area contributed by atoms with Crippen LogP contribution >= 0.6 is 0 Å². The van der Waals surface area contributed by atoms with Crippen molar-refractivity contribution in [2.75, 3.05) is 19.6 Å². The summed E-state index contributed by atoms with van der Waals surface area (Å²) >= 11 is 0.